The first kappa shape index (κ1) is 13.4. The van der Waals surface area contributed by atoms with Crippen molar-refractivity contribution < 1.29 is 4.79 Å². The number of fused-ring (bicyclic) bond motifs is 1. The Morgan fingerprint density at radius 3 is 2.76 bits per heavy atom. The number of anilines is 1. The standard InChI is InChI=1S/C16H18N4O/c1-9(2)13-8-14(20-19-13)18-16(21)15-10(3)17-12-7-5-4-6-11(12)15/h4-9,17H,1-3H3,(H2,18,19,20,21). The summed E-state index contributed by atoms with van der Waals surface area (Å²) in [5.41, 5.74) is 3.49. The molecule has 108 valence electrons. The number of H-pyrrole nitrogens is 2. The quantitative estimate of drug-likeness (QED) is 0.687. The van der Waals surface area contributed by atoms with Crippen LogP contribution in [-0.4, -0.2) is 21.1 Å². The van der Waals surface area contributed by atoms with Crippen molar-refractivity contribution >= 4 is 22.6 Å². The molecule has 0 fully saturated rings. The first-order valence-corrected chi connectivity index (χ1v) is 7.00. The first-order valence-electron chi connectivity index (χ1n) is 7.00. The lowest BCUT2D eigenvalue weighted by atomic mass is 10.1. The molecule has 1 aromatic carbocycles. The largest absolute Gasteiger partial charge is 0.358 e. The average molecular weight is 282 g/mol. The highest BCUT2D eigenvalue weighted by Gasteiger charge is 2.17. The van der Waals surface area contributed by atoms with Gasteiger partial charge in [0.2, 0.25) is 0 Å². The second-order valence-electron chi connectivity index (χ2n) is 5.49. The van der Waals surface area contributed by atoms with Gasteiger partial charge in [-0.15, -0.1) is 0 Å². The Morgan fingerprint density at radius 2 is 2.05 bits per heavy atom. The van der Waals surface area contributed by atoms with Crippen molar-refractivity contribution in [2.75, 3.05) is 5.32 Å². The maximum atomic E-state index is 12.5. The van der Waals surface area contributed by atoms with Crippen molar-refractivity contribution in [1.29, 1.82) is 0 Å². The smallest absolute Gasteiger partial charge is 0.259 e. The monoisotopic (exact) mass is 282 g/mol. The number of hydrogen-bond acceptors (Lipinski definition) is 2. The number of aryl methyl sites for hydroxylation is 1. The van der Waals surface area contributed by atoms with Crippen LogP contribution in [-0.2, 0) is 0 Å². The predicted octanol–water partition coefficient (Wildman–Crippen LogP) is 3.58. The fourth-order valence-electron chi connectivity index (χ4n) is 2.44. The third kappa shape index (κ3) is 2.42. The Morgan fingerprint density at radius 1 is 1.29 bits per heavy atom. The fraction of sp³-hybridized carbons (Fsp3) is 0.250. The van der Waals surface area contributed by atoms with E-state index in [-0.39, 0.29) is 5.91 Å². The second kappa shape index (κ2) is 5.09. The highest BCUT2D eigenvalue weighted by Crippen LogP contribution is 2.23. The van der Waals surface area contributed by atoms with E-state index in [1.165, 1.54) is 0 Å². The van der Waals surface area contributed by atoms with Crippen molar-refractivity contribution in [2.45, 2.75) is 26.7 Å². The van der Waals surface area contributed by atoms with Gasteiger partial charge in [-0.3, -0.25) is 9.89 Å². The number of para-hydroxylation sites is 1. The summed E-state index contributed by atoms with van der Waals surface area (Å²) in [5.74, 6) is 0.748. The van der Waals surface area contributed by atoms with Crippen LogP contribution >= 0.6 is 0 Å². The molecule has 0 aliphatic heterocycles. The number of hydrogen-bond donors (Lipinski definition) is 3. The molecule has 3 rings (SSSR count). The van der Waals surface area contributed by atoms with Crippen LogP contribution in [0.25, 0.3) is 10.9 Å². The summed E-state index contributed by atoms with van der Waals surface area (Å²) in [6.07, 6.45) is 0. The molecule has 2 heterocycles. The molecule has 0 saturated heterocycles. The number of aromatic nitrogens is 3. The van der Waals surface area contributed by atoms with Gasteiger partial charge in [-0.1, -0.05) is 32.0 Å². The molecule has 0 aliphatic rings. The van der Waals surface area contributed by atoms with Gasteiger partial charge >= 0.3 is 0 Å². The molecule has 5 nitrogen and oxygen atoms in total. The Labute approximate surface area is 122 Å². The third-order valence-electron chi connectivity index (χ3n) is 3.58. The van der Waals surface area contributed by atoms with E-state index in [1.54, 1.807) is 0 Å². The van der Waals surface area contributed by atoms with Crippen LogP contribution < -0.4 is 5.32 Å². The molecule has 21 heavy (non-hydrogen) atoms. The van der Waals surface area contributed by atoms with Crippen molar-refractivity contribution in [3.63, 3.8) is 0 Å². The van der Waals surface area contributed by atoms with Crippen LogP contribution in [0.3, 0.4) is 0 Å². The Balaban J connectivity index is 1.91. The van der Waals surface area contributed by atoms with Crippen molar-refractivity contribution in [3.05, 3.63) is 47.3 Å². The van der Waals surface area contributed by atoms with Gasteiger partial charge < -0.3 is 10.3 Å². The Kier molecular flexibility index (Phi) is 3.25. The van der Waals surface area contributed by atoms with E-state index in [2.05, 4.69) is 34.3 Å². The molecule has 0 atom stereocenters. The number of benzene rings is 1. The summed E-state index contributed by atoms with van der Waals surface area (Å²) in [5, 5.41) is 10.8. The third-order valence-corrected chi connectivity index (χ3v) is 3.58. The van der Waals surface area contributed by atoms with Gasteiger partial charge in [-0.2, -0.15) is 5.10 Å². The molecule has 0 aliphatic carbocycles. The molecule has 0 bridgehead atoms. The SMILES string of the molecule is Cc1[nH]c2ccccc2c1C(=O)Nc1cc(C(C)C)[nH]n1. The first-order chi connectivity index (χ1) is 10.1. The molecule has 0 unspecified atom stereocenters. The van der Waals surface area contributed by atoms with Gasteiger partial charge in [-0.05, 0) is 18.9 Å². The Hall–Kier alpha value is -2.56. The van der Waals surface area contributed by atoms with E-state index in [1.807, 2.05) is 37.3 Å². The summed E-state index contributed by atoms with van der Waals surface area (Å²) in [6, 6.07) is 9.65. The summed E-state index contributed by atoms with van der Waals surface area (Å²) in [6.45, 7) is 6.05. The maximum absolute atomic E-state index is 12.5. The van der Waals surface area contributed by atoms with Crippen LogP contribution in [0.15, 0.2) is 30.3 Å². The minimum Gasteiger partial charge on any atom is -0.358 e. The molecule has 0 radical (unpaired) electrons. The molecule has 0 spiro atoms. The van der Waals surface area contributed by atoms with Crippen molar-refractivity contribution in [1.82, 2.24) is 15.2 Å². The molecule has 2 aromatic heterocycles. The zero-order valence-electron chi connectivity index (χ0n) is 12.3. The van der Waals surface area contributed by atoms with Crippen LogP contribution in [0.2, 0.25) is 0 Å². The summed E-state index contributed by atoms with van der Waals surface area (Å²) < 4.78 is 0. The van der Waals surface area contributed by atoms with Crippen LogP contribution in [0, 0.1) is 6.92 Å². The van der Waals surface area contributed by atoms with Gasteiger partial charge in [0.05, 0.1) is 5.56 Å². The maximum Gasteiger partial charge on any atom is 0.259 e. The molecular formula is C16H18N4O. The summed E-state index contributed by atoms with van der Waals surface area (Å²) in [7, 11) is 0. The lowest BCUT2D eigenvalue weighted by Gasteiger charge is -2.02. The number of carbonyl (C=O) groups excluding carboxylic acids is 1. The highest BCUT2D eigenvalue weighted by molar-refractivity contribution is 6.13. The summed E-state index contributed by atoms with van der Waals surface area (Å²) in [4.78, 5) is 15.7. The molecule has 3 N–H and O–H groups in total. The molecular weight excluding hydrogens is 264 g/mol. The van der Waals surface area contributed by atoms with E-state index in [4.69, 9.17) is 0 Å². The predicted molar refractivity (Wildman–Crippen MR) is 83.7 cm³/mol. The lowest BCUT2D eigenvalue weighted by Crippen LogP contribution is -2.13. The average Bonchev–Trinajstić information content (AvgIpc) is 3.01. The summed E-state index contributed by atoms with van der Waals surface area (Å²) >= 11 is 0. The van der Waals surface area contributed by atoms with Crippen molar-refractivity contribution in [3.8, 4) is 0 Å². The van der Waals surface area contributed by atoms with Gasteiger partial charge in [0.25, 0.3) is 5.91 Å². The molecule has 3 aromatic rings. The second-order valence-corrected chi connectivity index (χ2v) is 5.49. The molecule has 5 heteroatoms. The number of nitrogens with one attached hydrogen (secondary N) is 3. The topological polar surface area (TPSA) is 73.6 Å². The van der Waals surface area contributed by atoms with E-state index in [0.29, 0.717) is 17.3 Å². The van der Waals surface area contributed by atoms with Crippen LogP contribution in [0.5, 0.6) is 0 Å². The highest BCUT2D eigenvalue weighted by atomic mass is 16.1. The van der Waals surface area contributed by atoms with E-state index in [0.717, 1.165) is 22.3 Å². The number of aromatic amines is 2. The van der Waals surface area contributed by atoms with Crippen LogP contribution in [0.1, 0.15) is 41.5 Å². The zero-order valence-corrected chi connectivity index (χ0v) is 12.3. The van der Waals surface area contributed by atoms with E-state index >= 15 is 0 Å². The van der Waals surface area contributed by atoms with Gasteiger partial charge in [0, 0.05) is 28.4 Å². The lowest BCUT2D eigenvalue weighted by molar-refractivity contribution is 0.102. The van der Waals surface area contributed by atoms with Gasteiger partial charge in [0.1, 0.15) is 0 Å². The number of rotatable bonds is 3. The van der Waals surface area contributed by atoms with Crippen molar-refractivity contribution in [2.24, 2.45) is 0 Å². The van der Waals surface area contributed by atoms with E-state index < -0.39 is 0 Å². The number of nitrogens with zero attached hydrogens (tertiary/aromatic N) is 1. The normalized spacial score (nSPS) is 11.2. The number of amides is 1. The van der Waals surface area contributed by atoms with E-state index in [9.17, 15) is 4.79 Å². The minimum absolute atomic E-state index is 0.147. The molecule has 1 amide bonds. The van der Waals surface area contributed by atoms with Gasteiger partial charge in [-0.25, -0.2) is 0 Å². The zero-order chi connectivity index (χ0) is 15.0. The number of carbonyl (C=O) groups is 1. The minimum atomic E-state index is -0.147. The Bertz CT molecular complexity index is 798. The molecule has 0 saturated carbocycles. The van der Waals surface area contributed by atoms with Crippen LogP contribution in [0.4, 0.5) is 5.82 Å². The van der Waals surface area contributed by atoms with Gasteiger partial charge in [0.15, 0.2) is 5.82 Å². The fourth-order valence-corrected chi connectivity index (χ4v) is 2.44.